The summed E-state index contributed by atoms with van der Waals surface area (Å²) in [6.07, 6.45) is -2.23. The van der Waals surface area contributed by atoms with E-state index in [2.05, 4.69) is 20.0 Å². The fourth-order valence-corrected chi connectivity index (χ4v) is 3.16. The number of nitrogens with one attached hydrogen (secondary N) is 2. The minimum absolute atomic E-state index is 0.0293. The van der Waals surface area contributed by atoms with Crippen LogP contribution in [0, 0.1) is 0 Å². The van der Waals surface area contributed by atoms with Gasteiger partial charge in [0.25, 0.3) is 0 Å². The lowest BCUT2D eigenvalue weighted by Crippen LogP contribution is -2.16. The SMILES string of the molecule is CCCCS(=O)(=O)Nc1ccc(Nc2nccc(C(F)(F)F)n2)cc1. The van der Waals surface area contributed by atoms with E-state index in [1.54, 1.807) is 0 Å². The van der Waals surface area contributed by atoms with Crippen molar-refractivity contribution in [2.45, 2.75) is 25.9 Å². The van der Waals surface area contributed by atoms with E-state index in [1.807, 2.05) is 6.92 Å². The summed E-state index contributed by atoms with van der Waals surface area (Å²) in [6.45, 7) is 1.89. The monoisotopic (exact) mass is 374 g/mol. The fraction of sp³-hybridized carbons (Fsp3) is 0.333. The molecule has 0 atom stereocenters. The van der Waals surface area contributed by atoms with Crippen LogP contribution in [0.2, 0.25) is 0 Å². The molecule has 0 aliphatic carbocycles. The van der Waals surface area contributed by atoms with Crippen LogP contribution in [-0.4, -0.2) is 24.1 Å². The van der Waals surface area contributed by atoms with E-state index < -0.39 is 21.9 Å². The molecule has 0 unspecified atom stereocenters. The Labute approximate surface area is 143 Å². The predicted molar refractivity (Wildman–Crippen MR) is 89.1 cm³/mol. The van der Waals surface area contributed by atoms with Crippen molar-refractivity contribution in [3.8, 4) is 0 Å². The first-order chi connectivity index (χ1) is 11.7. The molecule has 2 rings (SSSR count). The molecule has 1 aromatic carbocycles. The highest BCUT2D eigenvalue weighted by Gasteiger charge is 2.32. The molecule has 0 radical (unpaired) electrons. The molecule has 10 heteroatoms. The number of unbranched alkanes of at least 4 members (excludes halogenated alkanes) is 1. The quantitative estimate of drug-likeness (QED) is 0.771. The fourth-order valence-electron chi connectivity index (χ4n) is 1.89. The first-order valence-corrected chi connectivity index (χ1v) is 9.12. The zero-order valence-corrected chi connectivity index (χ0v) is 14.2. The highest BCUT2D eigenvalue weighted by Crippen LogP contribution is 2.28. The maximum atomic E-state index is 12.6. The van der Waals surface area contributed by atoms with E-state index in [4.69, 9.17) is 0 Å². The summed E-state index contributed by atoms with van der Waals surface area (Å²) in [4.78, 5) is 7.13. The van der Waals surface area contributed by atoms with Gasteiger partial charge in [-0.05, 0) is 36.8 Å². The van der Waals surface area contributed by atoms with Crippen LogP contribution < -0.4 is 10.0 Å². The minimum Gasteiger partial charge on any atom is -0.324 e. The van der Waals surface area contributed by atoms with Crippen LogP contribution in [0.1, 0.15) is 25.5 Å². The molecular formula is C15H17F3N4O2S. The first-order valence-electron chi connectivity index (χ1n) is 7.47. The van der Waals surface area contributed by atoms with E-state index in [0.29, 0.717) is 17.8 Å². The van der Waals surface area contributed by atoms with Gasteiger partial charge in [0.2, 0.25) is 16.0 Å². The van der Waals surface area contributed by atoms with Crippen LogP contribution in [0.3, 0.4) is 0 Å². The van der Waals surface area contributed by atoms with Gasteiger partial charge in [0.1, 0.15) is 5.69 Å². The number of rotatable bonds is 7. The maximum absolute atomic E-state index is 12.6. The molecule has 0 aliphatic rings. The number of hydrogen-bond acceptors (Lipinski definition) is 5. The zero-order valence-electron chi connectivity index (χ0n) is 13.3. The number of aromatic nitrogens is 2. The molecule has 1 aromatic heterocycles. The van der Waals surface area contributed by atoms with Crippen molar-refractivity contribution >= 4 is 27.3 Å². The number of alkyl halides is 3. The van der Waals surface area contributed by atoms with Crippen molar-refractivity contribution in [3.63, 3.8) is 0 Å². The van der Waals surface area contributed by atoms with Crippen LogP contribution in [0.25, 0.3) is 0 Å². The molecule has 0 saturated carbocycles. The van der Waals surface area contributed by atoms with E-state index in [9.17, 15) is 21.6 Å². The molecule has 0 saturated heterocycles. The van der Waals surface area contributed by atoms with Crippen molar-refractivity contribution in [2.75, 3.05) is 15.8 Å². The Morgan fingerprint density at radius 3 is 2.32 bits per heavy atom. The third kappa shape index (κ3) is 5.89. The minimum atomic E-state index is -4.56. The van der Waals surface area contributed by atoms with E-state index in [0.717, 1.165) is 18.7 Å². The summed E-state index contributed by atoms with van der Waals surface area (Å²) in [5.74, 6) is -0.173. The molecule has 0 aliphatic heterocycles. The zero-order chi connectivity index (χ0) is 18.5. The number of nitrogens with zero attached hydrogens (tertiary/aromatic N) is 2. The number of anilines is 3. The maximum Gasteiger partial charge on any atom is 0.433 e. The average molecular weight is 374 g/mol. The summed E-state index contributed by atoms with van der Waals surface area (Å²) < 4.78 is 63.9. The lowest BCUT2D eigenvalue weighted by molar-refractivity contribution is -0.141. The van der Waals surface area contributed by atoms with Gasteiger partial charge in [0.05, 0.1) is 5.75 Å². The Bertz CT molecular complexity index is 808. The number of benzene rings is 1. The first kappa shape index (κ1) is 19.0. The molecular weight excluding hydrogens is 357 g/mol. The molecule has 0 spiro atoms. The van der Waals surface area contributed by atoms with Crippen molar-refractivity contribution in [1.82, 2.24) is 9.97 Å². The van der Waals surface area contributed by atoms with Gasteiger partial charge in [0.15, 0.2) is 0 Å². The summed E-state index contributed by atoms with van der Waals surface area (Å²) in [5, 5.41) is 2.64. The molecule has 0 fully saturated rings. The predicted octanol–water partition coefficient (Wildman–Crippen LogP) is 3.78. The Kier molecular flexibility index (Phi) is 5.83. The second kappa shape index (κ2) is 7.68. The molecule has 25 heavy (non-hydrogen) atoms. The molecule has 2 N–H and O–H groups in total. The van der Waals surface area contributed by atoms with Gasteiger partial charge in [-0.25, -0.2) is 18.4 Å². The summed E-state index contributed by atoms with van der Waals surface area (Å²) >= 11 is 0. The Morgan fingerprint density at radius 1 is 1.08 bits per heavy atom. The Hall–Kier alpha value is -2.36. The topological polar surface area (TPSA) is 84.0 Å². The molecule has 1 heterocycles. The molecule has 0 bridgehead atoms. The molecule has 6 nitrogen and oxygen atoms in total. The van der Waals surface area contributed by atoms with Gasteiger partial charge < -0.3 is 5.32 Å². The van der Waals surface area contributed by atoms with Crippen LogP contribution in [0.5, 0.6) is 0 Å². The van der Waals surface area contributed by atoms with Crippen LogP contribution >= 0.6 is 0 Å². The van der Waals surface area contributed by atoms with Gasteiger partial charge in [-0.1, -0.05) is 13.3 Å². The Morgan fingerprint density at radius 2 is 1.72 bits per heavy atom. The lowest BCUT2D eigenvalue weighted by atomic mass is 10.3. The summed E-state index contributed by atoms with van der Waals surface area (Å²) in [5.41, 5.74) is -0.257. The van der Waals surface area contributed by atoms with Gasteiger partial charge in [-0.15, -0.1) is 0 Å². The molecule has 0 amide bonds. The average Bonchev–Trinajstić information content (AvgIpc) is 2.54. The van der Waals surface area contributed by atoms with Crippen LogP contribution in [0.4, 0.5) is 30.5 Å². The highest BCUT2D eigenvalue weighted by atomic mass is 32.2. The van der Waals surface area contributed by atoms with Gasteiger partial charge in [-0.2, -0.15) is 13.2 Å². The highest BCUT2D eigenvalue weighted by molar-refractivity contribution is 7.92. The third-order valence-electron chi connectivity index (χ3n) is 3.13. The van der Waals surface area contributed by atoms with Crippen LogP contribution in [0.15, 0.2) is 36.5 Å². The van der Waals surface area contributed by atoms with Crippen molar-refractivity contribution < 1.29 is 21.6 Å². The van der Waals surface area contributed by atoms with Crippen molar-refractivity contribution in [2.24, 2.45) is 0 Å². The second-order valence-corrected chi connectivity index (χ2v) is 7.08. The van der Waals surface area contributed by atoms with Gasteiger partial charge >= 0.3 is 6.18 Å². The van der Waals surface area contributed by atoms with E-state index in [1.165, 1.54) is 24.3 Å². The largest absolute Gasteiger partial charge is 0.433 e. The van der Waals surface area contributed by atoms with Gasteiger partial charge in [0, 0.05) is 17.6 Å². The Balaban J connectivity index is 2.06. The van der Waals surface area contributed by atoms with Crippen LogP contribution in [-0.2, 0) is 16.2 Å². The van der Waals surface area contributed by atoms with Gasteiger partial charge in [-0.3, -0.25) is 4.72 Å². The lowest BCUT2D eigenvalue weighted by Gasteiger charge is -2.10. The molecule has 2 aromatic rings. The van der Waals surface area contributed by atoms with Crippen molar-refractivity contribution in [3.05, 3.63) is 42.2 Å². The van der Waals surface area contributed by atoms with E-state index in [-0.39, 0.29) is 11.7 Å². The number of sulfonamides is 1. The smallest absolute Gasteiger partial charge is 0.324 e. The summed E-state index contributed by atoms with van der Waals surface area (Å²) in [6, 6.07) is 6.81. The third-order valence-corrected chi connectivity index (χ3v) is 4.50. The number of hydrogen-bond donors (Lipinski definition) is 2. The van der Waals surface area contributed by atoms with Crippen molar-refractivity contribution in [1.29, 1.82) is 0 Å². The summed E-state index contributed by atoms with van der Waals surface area (Å²) in [7, 11) is -3.41. The van der Waals surface area contributed by atoms with E-state index >= 15 is 0 Å². The second-order valence-electron chi connectivity index (χ2n) is 5.24. The number of halogens is 3. The normalized spacial score (nSPS) is 12.0. The standard InChI is InChI=1S/C15H17F3N4O2S/c1-2-3-10-25(23,24)22-12-6-4-11(5-7-12)20-14-19-9-8-13(21-14)15(16,17)18/h4-9,22H,2-3,10H2,1H3,(H,19,20,21). The molecule has 136 valence electrons.